The van der Waals surface area contributed by atoms with Crippen molar-refractivity contribution in [1.82, 2.24) is 5.32 Å². The summed E-state index contributed by atoms with van der Waals surface area (Å²) >= 11 is 0. The van der Waals surface area contributed by atoms with Crippen molar-refractivity contribution in [2.45, 2.75) is 52.5 Å². The number of hydrogen-bond donors (Lipinski definition) is 1. The van der Waals surface area contributed by atoms with Gasteiger partial charge in [0.05, 0.1) is 0 Å². The SMILES string of the molecule is C=C(C)CC(CCCC)NCC. The average Bonchev–Trinajstić information content (AvgIpc) is 2.00. The quantitative estimate of drug-likeness (QED) is 0.577. The molecule has 0 aliphatic heterocycles. The zero-order valence-corrected chi connectivity index (χ0v) is 8.82. The summed E-state index contributed by atoms with van der Waals surface area (Å²) in [6, 6.07) is 0.660. The lowest BCUT2D eigenvalue weighted by Crippen LogP contribution is -2.28. The van der Waals surface area contributed by atoms with Crippen molar-refractivity contribution in [2.24, 2.45) is 0 Å². The Labute approximate surface area is 77.2 Å². The van der Waals surface area contributed by atoms with Crippen LogP contribution in [0.1, 0.15) is 46.5 Å². The van der Waals surface area contributed by atoms with E-state index in [0.29, 0.717) is 6.04 Å². The normalized spacial score (nSPS) is 12.9. The molecule has 0 saturated carbocycles. The molecule has 1 N–H and O–H groups in total. The van der Waals surface area contributed by atoms with Crippen molar-refractivity contribution < 1.29 is 0 Å². The largest absolute Gasteiger partial charge is 0.314 e. The van der Waals surface area contributed by atoms with Gasteiger partial charge in [-0.05, 0) is 26.3 Å². The molecule has 1 nitrogen and oxygen atoms in total. The van der Waals surface area contributed by atoms with Gasteiger partial charge in [0.25, 0.3) is 0 Å². The standard InChI is InChI=1S/C11H23N/c1-5-7-8-11(12-6-2)9-10(3)4/h11-12H,3,5-9H2,1-2,4H3. The second-order valence-electron chi connectivity index (χ2n) is 3.56. The summed E-state index contributed by atoms with van der Waals surface area (Å²) in [7, 11) is 0. The fourth-order valence-electron chi connectivity index (χ4n) is 1.44. The monoisotopic (exact) mass is 169 g/mol. The van der Waals surface area contributed by atoms with Gasteiger partial charge in [-0.1, -0.05) is 32.3 Å². The van der Waals surface area contributed by atoms with Crippen molar-refractivity contribution >= 4 is 0 Å². The van der Waals surface area contributed by atoms with Crippen LogP contribution in [-0.4, -0.2) is 12.6 Å². The topological polar surface area (TPSA) is 12.0 Å². The van der Waals surface area contributed by atoms with E-state index in [-0.39, 0.29) is 0 Å². The van der Waals surface area contributed by atoms with Gasteiger partial charge in [-0.15, -0.1) is 6.58 Å². The van der Waals surface area contributed by atoms with Crippen molar-refractivity contribution in [3.63, 3.8) is 0 Å². The van der Waals surface area contributed by atoms with E-state index in [2.05, 4.69) is 32.7 Å². The van der Waals surface area contributed by atoms with Crippen LogP contribution in [0.15, 0.2) is 12.2 Å². The van der Waals surface area contributed by atoms with Crippen LogP contribution in [0, 0.1) is 0 Å². The summed E-state index contributed by atoms with van der Waals surface area (Å²) in [5.74, 6) is 0. The molecule has 0 radical (unpaired) electrons. The maximum Gasteiger partial charge on any atom is 0.0104 e. The van der Waals surface area contributed by atoms with E-state index in [1.807, 2.05) is 0 Å². The van der Waals surface area contributed by atoms with Gasteiger partial charge < -0.3 is 5.32 Å². The Morgan fingerprint density at radius 1 is 1.42 bits per heavy atom. The van der Waals surface area contributed by atoms with Crippen LogP contribution in [0.2, 0.25) is 0 Å². The van der Waals surface area contributed by atoms with Crippen LogP contribution in [-0.2, 0) is 0 Å². The molecule has 12 heavy (non-hydrogen) atoms. The van der Waals surface area contributed by atoms with Gasteiger partial charge in [0, 0.05) is 6.04 Å². The van der Waals surface area contributed by atoms with Crippen molar-refractivity contribution in [3.8, 4) is 0 Å². The van der Waals surface area contributed by atoms with E-state index in [0.717, 1.165) is 13.0 Å². The zero-order chi connectivity index (χ0) is 9.40. The van der Waals surface area contributed by atoms with Gasteiger partial charge in [-0.25, -0.2) is 0 Å². The molecule has 0 aromatic carbocycles. The van der Waals surface area contributed by atoms with E-state index >= 15 is 0 Å². The highest BCUT2D eigenvalue weighted by atomic mass is 14.9. The van der Waals surface area contributed by atoms with Crippen LogP contribution in [0.3, 0.4) is 0 Å². The predicted octanol–water partition coefficient (Wildman–Crippen LogP) is 3.12. The molecule has 1 unspecified atom stereocenters. The molecule has 0 aliphatic rings. The summed E-state index contributed by atoms with van der Waals surface area (Å²) in [4.78, 5) is 0. The highest BCUT2D eigenvalue weighted by molar-refractivity contribution is 4.92. The molecule has 0 aliphatic carbocycles. The lowest BCUT2D eigenvalue weighted by molar-refractivity contribution is 0.472. The maximum atomic E-state index is 3.95. The van der Waals surface area contributed by atoms with Crippen LogP contribution in [0.4, 0.5) is 0 Å². The second-order valence-corrected chi connectivity index (χ2v) is 3.56. The molecule has 72 valence electrons. The van der Waals surface area contributed by atoms with Crippen LogP contribution < -0.4 is 5.32 Å². The molecule has 0 amide bonds. The Balaban J connectivity index is 3.61. The second kappa shape index (κ2) is 7.35. The fourth-order valence-corrected chi connectivity index (χ4v) is 1.44. The molecule has 0 bridgehead atoms. The minimum Gasteiger partial charge on any atom is -0.314 e. The van der Waals surface area contributed by atoms with E-state index in [1.54, 1.807) is 0 Å². The minimum absolute atomic E-state index is 0.660. The number of unbranched alkanes of at least 4 members (excludes halogenated alkanes) is 1. The van der Waals surface area contributed by atoms with Gasteiger partial charge in [-0.2, -0.15) is 0 Å². The van der Waals surface area contributed by atoms with E-state index in [9.17, 15) is 0 Å². The molecule has 0 saturated heterocycles. The molecule has 0 heterocycles. The van der Waals surface area contributed by atoms with Crippen molar-refractivity contribution in [2.75, 3.05) is 6.54 Å². The minimum atomic E-state index is 0.660. The predicted molar refractivity (Wildman–Crippen MR) is 56.4 cm³/mol. The molecule has 0 aromatic rings. The number of hydrogen-bond acceptors (Lipinski definition) is 1. The van der Waals surface area contributed by atoms with Gasteiger partial charge in [0.1, 0.15) is 0 Å². The van der Waals surface area contributed by atoms with Crippen LogP contribution in [0.25, 0.3) is 0 Å². The Morgan fingerprint density at radius 2 is 2.08 bits per heavy atom. The molecular weight excluding hydrogens is 146 g/mol. The molecular formula is C11H23N. The zero-order valence-electron chi connectivity index (χ0n) is 8.82. The Kier molecular flexibility index (Phi) is 7.17. The van der Waals surface area contributed by atoms with Crippen LogP contribution >= 0.6 is 0 Å². The van der Waals surface area contributed by atoms with Gasteiger partial charge in [-0.3, -0.25) is 0 Å². The maximum absolute atomic E-state index is 3.95. The van der Waals surface area contributed by atoms with Gasteiger partial charge in [0.15, 0.2) is 0 Å². The van der Waals surface area contributed by atoms with E-state index < -0.39 is 0 Å². The molecule has 0 fully saturated rings. The third-order valence-electron chi connectivity index (χ3n) is 1.99. The van der Waals surface area contributed by atoms with Crippen LogP contribution in [0.5, 0.6) is 0 Å². The summed E-state index contributed by atoms with van der Waals surface area (Å²) < 4.78 is 0. The van der Waals surface area contributed by atoms with E-state index in [4.69, 9.17) is 0 Å². The molecule has 0 aromatic heterocycles. The first-order valence-corrected chi connectivity index (χ1v) is 5.08. The third-order valence-corrected chi connectivity index (χ3v) is 1.99. The lowest BCUT2D eigenvalue weighted by Gasteiger charge is -2.17. The fraction of sp³-hybridized carbons (Fsp3) is 0.818. The summed E-state index contributed by atoms with van der Waals surface area (Å²) in [5, 5.41) is 3.49. The first-order valence-electron chi connectivity index (χ1n) is 5.08. The Morgan fingerprint density at radius 3 is 2.50 bits per heavy atom. The van der Waals surface area contributed by atoms with Gasteiger partial charge in [0.2, 0.25) is 0 Å². The molecule has 0 spiro atoms. The Hall–Kier alpha value is -0.300. The molecule has 1 heteroatoms. The highest BCUT2D eigenvalue weighted by Crippen LogP contribution is 2.08. The number of nitrogens with one attached hydrogen (secondary N) is 1. The summed E-state index contributed by atoms with van der Waals surface area (Å²) in [6.45, 7) is 11.5. The first kappa shape index (κ1) is 11.7. The summed E-state index contributed by atoms with van der Waals surface area (Å²) in [6.07, 6.45) is 5.04. The number of rotatable bonds is 7. The average molecular weight is 169 g/mol. The smallest absolute Gasteiger partial charge is 0.0104 e. The van der Waals surface area contributed by atoms with Crippen molar-refractivity contribution in [1.29, 1.82) is 0 Å². The summed E-state index contributed by atoms with van der Waals surface area (Å²) in [5.41, 5.74) is 1.29. The third kappa shape index (κ3) is 6.41. The van der Waals surface area contributed by atoms with E-state index in [1.165, 1.54) is 24.8 Å². The lowest BCUT2D eigenvalue weighted by atomic mass is 10.0. The molecule has 0 rings (SSSR count). The van der Waals surface area contributed by atoms with Gasteiger partial charge >= 0.3 is 0 Å². The Bertz CT molecular complexity index is 118. The highest BCUT2D eigenvalue weighted by Gasteiger charge is 2.05. The first-order chi connectivity index (χ1) is 5.70. The molecule has 1 atom stereocenters. The van der Waals surface area contributed by atoms with Crippen molar-refractivity contribution in [3.05, 3.63) is 12.2 Å².